The van der Waals surface area contributed by atoms with Crippen molar-refractivity contribution in [3.05, 3.63) is 0 Å². The molecule has 0 N–H and O–H groups in total. The van der Waals surface area contributed by atoms with E-state index in [1.807, 2.05) is 0 Å². The van der Waals surface area contributed by atoms with E-state index in [0.29, 0.717) is 0 Å². The molecule has 4 heteroatoms. The van der Waals surface area contributed by atoms with Crippen LogP contribution in [0.1, 0.15) is 0 Å². The maximum Gasteiger partial charge on any atom is 0 e. The Morgan fingerprint density at radius 2 is 0.750 bits per heavy atom. The standard InChI is InChI=1S/Au.Cu.2I. The average Bonchev–Trinajstić information content (AvgIpc) is 0. The zero-order chi connectivity index (χ0) is 0. The Hall–Kier alpha value is 2.72. The van der Waals surface area contributed by atoms with Crippen molar-refractivity contribution in [1.82, 2.24) is 0 Å². The van der Waals surface area contributed by atoms with E-state index >= 15 is 0 Å². The molecule has 0 atom stereocenters. The molecular weight excluding hydrogens is 514 g/mol. The second-order valence-corrected chi connectivity index (χ2v) is 0. The van der Waals surface area contributed by atoms with Crippen molar-refractivity contribution in [2.24, 2.45) is 0 Å². The van der Waals surface area contributed by atoms with Gasteiger partial charge in [-0.1, -0.05) is 0 Å². The average molecular weight is 514 g/mol. The van der Waals surface area contributed by atoms with Crippen LogP contribution in [-0.4, -0.2) is 0 Å². The zero-order valence-electron chi connectivity index (χ0n) is 1.36. The first kappa shape index (κ1) is 29.7. The Morgan fingerprint density at radius 1 is 0.750 bits per heavy atom. The molecule has 4 radical (unpaired) electrons. The quantitative estimate of drug-likeness (QED) is 0.342. The predicted molar refractivity (Wildman–Crippen MR) is 28.0 cm³/mol. The van der Waals surface area contributed by atoms with Crippen molar-refractivity contribution in [2.75, 3.05) is 0 Å². The molecule has 0 rings (SSSR count). The van der Waals surface area contributed by atoms with Gasteiger partial charge >= 0.3 is 0 Å². The summed E-state index contributed by atoms with van der Waals surface area (Å²) in [6.45, 7) is 0. The van der Waals surface area contributed by atoms with Crippen molar-refractivity contribution < 1.29 is 39.4 Å². The van der Waals surface area contributed by atoms with E-state index in [9.17, 15) is 0 Å². The van der Waals surface area contributed by atoms with E-state index in [4.69, 9.17) is 0 Å². The van der Waals surface area contributed by atoms with Gasteiger partial charge < -0.3 is 0 Å². The van der Waals surface area contributed by atoms with Crippen LogP contribution < -0.4 is 0 Å². The number of hydrogen-bond acceptors (Lipinski definition) is 0. The minimum Gasteiger partial charge on any atom is 0 e. The Labute approximate surface area is 85.9 Å². The molecule has 0 aromatic carbocycles. The van der Waals surface area contributed by atoms with Crippen LogP contribution in [0.15, 0.2) is 0 Å². The molecule has 0 aromatic rings. The van der Waals surface area contributed by atoms with Gasteiger partial charge in [0.05, 0.1) is 0 Å². The molecule has 0 aliphatic heterocycles. The van der Waals surface area contributed by atoms with Crippen molar-refractivity contribution in [1.29, 1.82) is 0 Å². The van der Waals surface area contributed by atoms with E-state index in [1.54, 1.807) is 0 Å². The maximum atomic E-state index is 0. The van der Waals surface area contributed by atoms with Crippen LogP contribution in [0.3, 0.4) is 0 Å². The van der Waals surface area contributed by atoms with Crippen LogP contribution in [0.2, 0.25) is 0 Å². The summed E-state index contributed by atoms with van der Waals surface area (Å²) in [7, 11) is 0. The fourth-order valence-corrected chi connectivity index (χ4v) is 0. The summed E-state index contributed by atoms with van der Waals surface area (Å²) >= 11 is 0. The van der Waals surface area contributed by atoms with Gasteiger partial charge in [0.2, 0.25) is 0 Å². The van der Waals surface area contributed by atoms with E-state index in [0.717, 1.165) is 0 Å². The number of rotatable bonds is 0. The number of halogens is 2. The van der Waals surface area contributed by atoms with Crippen LogP contribution in [-0.2, 0) is 39.4 Å². The van der Waals surface area contributed by atoms with Gasteiger partial charge in [-0.2, -0.15) is 0 Å². The maximum absolute atomic E-state index is 0. The molecule has 0 fully saturated rings. The van der Waals surface area contributed by atoms with E-state index in [1.165, 1.54) is 0 Å². The third-order valence-electron chi connectivity index (χ3n) is 0. The molecule has 36 valence electrons. The van der Waals surface area contributed by atoms with Crippen LogP contribution in [0.4, 0.5) is 0 Å². The molecule has 0 saturated heterocycles. The summed E-state index contributed by atoms with van der Waals surface area (Å²) in [4.78, 5) is 0. The van der Waals surface area contributed by atoms with Crippen molar-refractivity contribution in [2.45, 2.75) is 0 Å². The minimum atomic E-state index is 0. The summed E-state index contributed by atoms with van der Waals surface area (Å²) in [6, 6.07) is 0. The Bertz CT molecular complexity index is 6.00. The Kier molecular flexibility index (Phi) is 128. The van der Waals surface area contributed by atoms with Gasteiger partial charge in [-0.15, -0.1) is 0 Å². The summed E-state index contributed by atoms with van der Waals surface area (Å²) in [6.07, 6.45) is 0. The summed E-state index contributed by atoms with van der Waals surface area (Å²) in [5, 5.41) is 0. The van der Waals surface area contributed by atoms with Crippen molar-refractivity contribution >= 4 is 48.0 Å². The molecular formula is AuCuI2. The third-order valence-corrected chi connectivity index (χ3v) is 0. The predicted octanol–water partition coefficient (Wildman–Crippen LogP) is 1.77. The van der Waals surface area contributed by atoms with Gasteiger partial charge in [0, 0.05) is 87.4 Å². The topological polar surface area (TPSA) is 0 Å². The SMILES string of the molecule is [Au].[Cu].[I].[I]. The summed E-state index contributed by atoms with van der Waals surface area (Å²) in [5.41, 5.74) is 0. The van der Waals surface area contributed by atoms with E-state index in [-0.39, 0.29) is 87.4 Å². The molecule has 0 amide bonds. The van der Waals surface area contributed by atoms with E-state index < -0.39 is 0 Å². The van der Waals surface area contributed by atoms with Gasteiger partial charge in [-0.25, -0.2) is 0 Å². The van der Waals surface area contributed by atoms with Gasteiger partial charge in [0.15, 0.2) is 0 Å². The Balaban J connectivity index is 0. The second kappa shape index (κ2) is 17.2. The zero-order valence-corrected chi connectivity index (χ0v) is 8.78. The fraction of sp³-hybridized carbons (Fsp3) is 0. The smallest absolute Gasteiger partial charge is 0 e. The summed E-state index contributed by atoms with van der Waals surface area (Å²) in [5.74, 6) is 0. The van der Waals surface area contributed by atoms with Gasteiger partial charge in [-0.3, -0.25) is 0 Å². The fourth-order valence-electron chi connectivity index (χ4n) is 0. The Morgan fingerprint density at radius 3 is 0.750 bits per heavy atom. The molecule has 0 bridgehead atoms. The number of hydrogen-bond donors (Lipinski definition) is 0. The second-order valence-electron chi connectivity index (χ2n) is 0. The normalized spacial score (nSPS) is 0. The molecule has 0 aliphatic rings. The van der Waals surface area contributed by atoms with Gasteiger partial charge in [0.25, 0.3) is 0 Å². The first-order valence-corrected chi connectivity index (χ1v) is 0. The third kappa shape index (κ3) is 8.83. The van der Waals surface area contributed by atoms with Gasteiger partial charge in [-0.05, 0) is 0 Å². The molecule has 0 unspecified atom stereocenters. The molecule has 0 spiro atoms. The molecule has 0 nitrogen and oxygen atoms in total. The monoisotopic (exact) mass is 514 g/mol. The molecule has 0 aliphatic carbocycles. The first-order chi connectivity index (χ1) is 0. The molecule has 4 heavy (non-hydrogen) atoms. The summed E-state index contributed by atoms with van der Waals surface area (Å²) < 4.78 is 0. The molecule has 0 saturated carbocycles. The first-order valence-electron chi connectivity index (χ1n) is 0. The van der Waals surface area contributed by atoms with Crippen molar-refractivity contribution in [3.8, 4) is 0 Å². The van der Waals surface area contributed by atoms with Crippen LogP contribution in [0.25, 0.3) is 0 Å². The van der Waals surface area contributed by atoms with E-state index in [2.05, 4.69) is 0 Å². The van der Waals surface area contributed by atoms with Crippen LogP contribution in [0, 0.1) is 0 Å². The molecule has 0 aromatic heterocycles. The van der Waals surface area contributed by atoms with Crippen LogP contribution >= 0.6 is 48.0 Å². The van der Waals surface area contributed by atoms with Crippen molar-refractivity contribution in [3.63, 3.8) is 0 Å². The van der Waals surface area contributed by atoms with Crippen LogP contribution in [0.5, 0.6) is 0 Å². The minimum absolute atomic E-state index is 0. The largest absolute Gasteiger partial charge is 0 e. The molecule has 0 heterocycles. The van der Waals surface area contributed by atoms with Gasteiger partial charge in [0.1, 0.15) is 0 Å².